The minimum Gasteiger partial charge on any atom is -0.489 e. The van der Waals surface area contributed by atoms with Gasteiger partial charge in [-0.3, -0.25) is 20.0 Å². The first-order valence-electron chi connectivity index (χ1n) is 7.19. The van der Waals surface area contributed by atoms with Gasteiger partial charge >= 0.3 is 5.69 Å². The van der Waals surface area contributed by atoms with E-state index in [1.807, 2.05) is 6.07 Å². The number of nitrogens with zero attached hydrogens (tertiary/aromatic N) is 3. The summed E-state index contributed by atoms with van der Waals surface area (Å²) < 4.78 is 10.5. The van der Waals surface area contributed by atoms with E-state index >= 15 is 0 Å². The number of hydrogen-bond acceptors (Lipinski definition) is 6. The first-order valence-corrected chi connectivity index (χ1v) is 7.57. The molecule has 1 aromatic carbocycles. The van der Waals surface area contributed by atoms with Crippen LogP contribution in [0.4, 0.5) is 5.69 Å². The third-order valence-electron chi connectivity index (χ3n) is 3.82. The zero-order valence-electron chi connectivity index (χ0n) is 12.6. The van der Waals surface area contributed by atoms with E-state index in [-0.39, 0.29) is 11.4 Å². The van der Waals surface area contributed by atoms with Crippen molar-refractivity contribution in [2.24, 2.45) is 0 Å². The second kappa shape index (κ2) is 6.66. The van der Waals surface area contributed by atoms with Crippen molar-refractivity contribution in [2.45, 2.75) is 6.54 Å². The average Bonchev–Trinajstić information content (AvgIpc) is 2.56. The van der Waals surface area contributed by atoms with Gasteiger partial charge in [0.2, 0.25) is 5.75 Å². The molecular formula is C15H16ClN3O4. The van der Waals surface area contributed by atoms with Crippen molar-refractivity contribution in [3.05, 3.63) is 39.0 Å². The summed E-state index contributed by atoms with van der Waals surface area (Å²) in [6.45, 7) is 3.93. The van der Waals surface area contributed by atoms with Crippen LogP contribution in [0.3, 0.4) is 0 Å². The maximum atomic E-state index is 11.1. The highest BCUT2D eigenvalue weighted by Gasteiger charge is 2.22. The molecule has 122 valence electrons. The number of aromatic nitrogens is 1. The monoisotopic (exact) mass is 337 g/mol. The van der Waals surface area contributed by atoms with Crippen LogP contribution in [-0.2, 0) is 11.3 Å². The SMILES string of the molecule is COc1c([N+](=O)[O-])cc(Cl)c2cc(CN3CCOCC3)cnc12. The Hall–Kier alpha value is -1.96. The van der Waals surface area contributed by atoms with Crippen LogP contribution in [0.25, 0.3) is 10.9 Å². The van der Waals surface area contributed by atoms with Crippen LogP contribution in [0.5, 0.6) is 5.75 Å². The van der Waals surface area contributed by atoms with E-state index in [9.17, 15) is 10.1 Å². The van der Waals surface area contributed by atoms with Crippen LogP contribution in [0, 0.1) is 10.1 Å². The highest BCUT2D eigenvalue weighted by atomic mass is 35.5. The molecule has 3 rings (SSSR count). The van der Waals surface area contributed by atoms with E-state index in [4.69, 9.17) is 21.1 Å². The van der Waals surface area contributed by atoms with Crippen molar-refractivity contribution in [1.29, 1.82) is 0 Å². The first kappa shape index (κ1) is 15.9. The predicted molar refractivity (Wildman–Crippen MR) is 86.1 cm³/mol. The van der Waals surface area contributed by atoms with Crippen molar-refractivity contribution in [1.82, 2.24) is 9.88 Å². The highest BCUT2D eigenvalue weighted by Crippen LogP contribution is 2.38. The molecule has 0 N–H and O–H groups in total. The number of nitro benzene ring substituents is 1. The van der Waals surface area contributed by atoms with Crippen LogP contribution >= 0.6 is 11.6 Å². The Labute approximate surface area is 137 Å². The van der Waals surface area contributed by atoms with Crippen LogP contribution in [0.15, 0.2) is 18.3 Å². The number of nitro groups is 1. The molecule has 1 aromatic heterocycles. The Balaban J connectivity index is 2.00. The molecule has 0 amide bonds. The summed E-state index contributed by atoms with van der Waals surface area (Å²) >= 11 is 6.22. The van der Waals surface area contributed by atoms with Gasteiger partial charge in [-0.2, -0.15) is 0 Å². The van der Waals surface area contributed by atoms with Crippen LogP contribution in [0.1, 0.15) is 5.56 Å². The molecule has 1 aliphatic heterocycles. The summed E-state index contributed by atoms with van der Waals surface area (Å²) in [4.78, 5) is 17.2. The van der Waals surface area contributed by atoms with Gasteiger partial charge in [0, 0.05) is 37.3 Å². The second-order valence-electron chi connectivity index (χ2n) is 5.30. The molecule has 1 saturated heterocycles. The molecule has 23 heavy (non-hydrogen) atoms. The lowest BCUT2D eigenvalue weighted by Crippen LogP contribution is -2.35. The molecule has 1 aliphatic rings. The fourth-order valence-electron chi connectivity index (χ4n) is 2.70. The number of morpholine rings is 1. The third-order valence-corrected chi connectivity index (χ3v) is 4.14. The standard InChI is InChI=1S/C15H16ClN3O4/c1-22-15-13(19(20)21)7-12(16)11-6-10(8-17-14(11)15)9-18-2-4-23-5-3-18/h6-8H,2-5,9H2,1H3. The van der Waals surface area contributed by atoms with E-state index in [0.717, 1.165) is 38.4 Å². The van der Waals surface area contributed by atoms with Crippen LogP contribution in [0.2, 0.25) is 5.02 Å². The van der Waals surface area contributed by atoms with Crippen molar-refractivity contribution in [3.8, 4) is 5.75 Å². The Bertz CT molecular complexity index is 747. The summed E-state index contributed by atoms with van der Waals surface area (Å²) in [6.07, 6.45) is 1.71. The summed E-state index contributed by atoms with van der Waals surface area (Å²) in [5.41, 5.74) is 1.22. The molecule has 0 spiro atoms. The average molecular weight is 338 g/mol. The van der Waals surface area contributed by atoms with Gasteiger partial charge in [0.25, 0.3) is 0 Å². The Kier molecular flexibility index (Phi) is 4.61. The summed E-state index contributed by atoms with van der Waals surface area (Å²) in [7, 11) is 1.39. The zero-order chi connectivity index (χ0) is 16.4. The molecule has 2 aromatic rings. The Morgan fingerprint density at radius 1 is 1.43 bits per heavy atom. The molecule has 0 saturated carbocycles. The van der Waals surface area contributed by atoms with Crippen molar-refractivity contribution in [2.75, 3.05) is 33.4 Å². The van der Waals surface area contributed by atoms with E-state index in [1.54, 1.807) is 6.20 Å². The number of fused-ring (bicyclic) bond motifs is 1. The largest absolute Gasteiger partial charge is 0.489 e. The number of methoxy groups -OCH3 is 1. The van der Waals surface area contributed by atoms with Gasteiger partial charge in [0.15, 0.2) is 0 Å². The van der Waals surface area contributed by atoms with Crippen molar-refractivity contribution >= 4 is 28.2 Å². The van der Waals surface area contributed by atoms with E-state index in [2.05, 4.69) is 9.88 Å². The molecule has 2 heterocycles. The van der Waals surface area contributed by atoms with Gasteiger partial charge in [0.05, 0.1) is 30.3 Å². The number of pyridine rings is 1. The molecule has 0 atom stereocenters. The molecular weight excluding hydrogens is 322 g/mol. The van der Waals surface area contributed by atoms with E-state index in [1.165, 1.54) is 13.2 Å². The smallest absolute Gasteiger partial charge is 0.314 e. The first-order chi connectivity index (χ1) is 11.1. The van der Waals surface area contributed by atoms with Crippen LogP contribution < -0.4 is 4.74 Å². The molecule has 1 fully saturated rings. The second-order valence-corrected chi connectivity index (χ2v) is 5.70. The normalized spacial score (nSPS) is 15.7. The lowest BCUT2D eigenvalue weighted by atomic mass is 10.1. The minimum absolute atomic E-state index is 0.132. The molecule has 7 nitrogen and oxygen atoms in total. The fourth-order valence-corrected chi connectivity index (χ4v) is 2.94. The highest BCUT2D eigenvalue weighted by molar-refractivity contribution is 6.36. The number of benzene rings is 1. The predicted octanol–water partition coefficient (Wildman–Crippen LogP) is 2.64. The minimum atomic E-state index is -0.520. The topological polar surface area (TPSA) is 77.7 Å². The number of ether oxygens (including phenoxy) is 2. The van der Waals surface area contributed by atoms with Gasteiger partial charge in [0.1, 0.15) is 5.52 Å². The van der Waals surface area contributed by atoms with Gasteiger partial charge in [-0.05, 0) is 11.6 Å². The van der Waals surface area contributed by atoms with Gasteiger partial charge in [-0.1, -0.05) is 11.6 Å². The van der Waals surface area contributed by atoms with Crippen molar-refractivity contribution < 1.29 is 14.4 Å². The van der Waals surface area contributed by atoms with Crippen LogP contribution in [-0.4, -0.2) is 48.2 Å². The number of hydrogen-bond donors (Lipinski definition) is 0. The number of rotatable bonds is 4. The quantitative estimate of drug-likeness (QED) is 0.630. The molecule has 0 unspecified atom stereocenters. The van der Waals surface area contributed by atoms with E-state index < -0.39 is 4.92 Å². The molecule has 0 radical (unpaired) electrons. The Morgan fingerprint density at radius 3 is 2.83 bits per heavy atom. The third kappa shape index (κ3) is 3.21. The molecule has 0 bridgehead atoms. The fraction of sp³-hybridized carbons (Fsp3) is 0.400. The van der Waals surface area contributed by atoms with Gasteiger partial charge < -0.3 is 9.47 Å². The summed E-state index contributed by atoms with van der Waals surface area (Å²) in [5.74, 6) is 0.132. The van der Waals surface area contributed by atoms with Gasteiger partial charge in [-0.15, -0.1) is 0 Å². The Morgan fingerprint density at radius 2 is 2.17 bits per heavy atom. The van der Waals surface area contributed by atoms with Crippen molar-refractivity contribution in [3.63, 3.8) is 0 Å². The van der Waals surface area contributed by atoms with E-state index in [0.29, 0.717) is 15.9 Å². The molecule has 8 heteroatoms. The lowest BCUT2D eigenvalue weighted by Gasteiger charge is -2.26. The van der Waals surface area contributed by atoms with Gasteiger partial charge in [-0.25, -0.2) is 0 Å². The number of halogens is 1. The lowest BCUT2D eigenvalue weighted by molar-refractivity contribution is -0.385. The molecule has 0 aliphatic carbocycles. The maximum absolute atomic E-state index is 11.1. The summed E-state index contributed by atoms with van der Waals surface area (Å²) in [6, 6.07) is 3.22. The zero-order valence-corrected chi connectivity index (χ0v) is 13.4. The maximum Gasteiger partial charge on any atom is 0.314 e. The summed E-state index contributed by atoms with van der Waals surface area (Å²) in [5, 5.41) is 12.1.